The minimum absolute atomic E-state index is 0.177. The Bertz CT molecular complexity index is 864. The number of benzene rings is 2. The van der Waals surface area contributed by atoms with Crippen molar-refractivity contribution in [2.45, 2.75) is 6.92 Å². The highest BCUT2D eigenvalue weighted by molar-refractivity contribution is 5.94. The van der Waals surface area contributed by atoms with Gasteiger partial charge in [-0.3, -0.25) is 4.79 Å². The van der Waals surface area contributed by atoms with Crippen molar-refractivity contribution in [2.24, 2.45) is 0 Å². The molecule has 0 spiro atoms. The number of ether oxygens (including phenoxy) is 2. The van der Waals surface area contributed by atoms with E-state index in [9.17, 15) is 9.59 Å². The predicted octanol–water partition coefficient (Wildman–Crippen LogP) is 2.94. The fraction of sp³-hybridized carbons (Fsp3) is 0.150. The van der Waals surface area contributed by atoms with Crippen LogP contribution >= 0.6 is 0 Å². The maximum atomic E-state index is 12.0. The molecule has 1 amide bonds. The van der Waals surface area contributed by atoms with E-state index >= 15 is 0 Å². The molecule has 1 N–H and O–H groups in total. The average Bonchev–Trinajstić information content (AvgIpc) is 2.67. The van der Waals surface area contributed by atoms with Gasteiger partial charge in [-0.25, -0.2) is 4.79 Å². The molecular weight excluding hydrogens is 332 g/mol. The molecule has 0 aliphatic carbocycles. The van der Waals surface area contributed by atoms with Crippen LogP contribution in [0, 0.1) is 11.3 Å². The standard InChI is InChI=1S/C20H18N2O4/c1-3-25-18-12-15(13-21)6-10-17(18)26-19(23)11-7-14-4-8-16(9-5-14)20(24)22-2/h4-12H,3H2,1-2H3,(H,22,24)/b11-7+. The first-order valence-electron chi connectivity index (χ1n) is 7.96. The first-order valence-corrected chi connectivity index (χ1v) is 7.96. The topological polar surface area (TPSA) is 88.4 Å². The predicted molar refractivity (Wildman–Crippen MR) is 96.8 cm³/mol. The number of nitriles is 1. The largest absolute Gasteiger partial charge is 0.490 e. The van der Waals surface area contributed by atoms with Gasteiger partial charge in [0, 0.05) is 24.8 Å². The number of carbonyl (C=O) groups is 2. The van der Waals surface area contributed by atoms with Crippen molar-refractivity contribution < 1.29 is 19.1 Å². The van der Waals surface area contributed by atoms with Gasteiger partial charge in [-0.2, -0.15) is 5.26 Å². The summed E-state index contributed by atoms with van der Waals surface area (Å²) < 4.78 is 10.7. The fourth-order valence-corrected chi connectivity index (χ4v) is 2.13. The third kappa shape index (κ3) is 4.95. The number of esters is 1. The van der Waals surface area contributed by atoms with Crippen molar-refractivity contribution >= 4 is 18.0 Å². The van der Waals surface area contributed by atoms with E-state index in [1.807, 2.05) is 6.07 Å². The van der Waals surface area contributed by atoms with Crippen LogP contribution in [-0.2, 0) is 4.79 Å². The van der Waals surface area contributed by atoms with Gasteiger partial charge in [0.25, 0.3) is 5.91 Å². The first kappa shape index (κ1) is 18.7. The number of nitrogens with one attached hydrogen (secondary N) is 1. The van der Waals surface area contributed by atoms with Crippen molar-refractivity contribution in [1.29, 1.82) is 5.26 Å². The highest BCUT2D eigenvalue weighted by atomic mass is 16.6. The van der Waals surface area contributed by atoms with Crippen LogP contribution in [0.4, 0.5) is 0 Å². The molecule has 132 valence electrons. The third-order valence-electron chi connectivity index (χ3n) is 3.40. The molecule has 0 unspecified atom stereocenters. The highest BCUT2D eigenvalue weighted by Gasteiger charge is 2.10. The van der Waals surface area contributed by atoms with Crippen molar-refractivity contribution in [1.82, 2.24) is 5.32 Å². The Balaban J connectivity index is 2.07. The van der Waals surface area contributed by atoms with Gasteiger partial charge in [-0.1, -0.05) is 12.1 Å². The van der Waals surface area contributed by atoms with Gasteiger partial charge in [0.2, 0.25) is 0 Å². The molecule has 26 heavy (non-hydrogen) atoms. The SMILES string of the molecule is CCOc1cc(C#N)ccc1OC(=O)/C=C/c1ccc(C(=O)NC)cc1. The van der Waals surface area contributed by atoms with Crippen LogP contribution in [0.2, 0.25) is 0 Å². The van der Waals surface area contributed by atoms with Gasteiger partial charge in [-0.05, 0) is 42.8 Å². The van der Waals surface area contributed by atoms with Crippen LogP contribution in [0.3, 0.4) is 0 Å². The molecule has 0 heterocycles. The van der Waals surface area contributed by atoms with Gasteiger partial charge in [0.05, 0.1) is 18.2 Å². The summed E-state index contributed by atoms with van der Waals surface area (Å²) in [5, 5.41) is 11.5. The zero-order chi connectivity index (χ0) is 18.9. The van der Waals surface area contributed by atoms with Gasteiger partial charge in [-0.15, -0.1) is 0 Å². The summed E-state index contributed by atoms with van der Waals surface area (Å²) in [4.78, 5) is 23.5. The second-order valence-corrected chi connectivity index (χ2v) is 5.16. The Morgan fingerprint density at radius 3 is 2.50 bits per heavy atom. The summed E-state index contributed by atoms with van der Waals surface area (Å²) in [6.45, 7) is 2.18. The van der Waals surface area contributed by atoms with Crippen LogP contribution in [0.25, 0.3) is 6.08 Å². The molecule has 6 nitrogen and oxygen atoms in total. The highest BCUT2D eigenvalue weighted by Crippen LogP contribution is 2.28. The number of hydrogen-bond acceptors (Lipinski definition) is 5. The van der Waals surface area contributed by atoms with Crippen molar-refractivity contribution in [3.05, 3.63) is 65.2 Å². The van der Waals surface area contributed by atoms with Crippen LogP contribution in [-0.4, -0.2) is 25.5 Å². The molecule has 0 bridgehead atoms. The summed E-state index contributed by atoms with van der Waals surface area (Å²) in [6, 6.07) is 13.4. The van der Waals surface area contributed by atoms with E-state index in [1.54, 1.807) is 50.4 Å². The number of amides is 1. The molecular formula is C20H18N2O4. The summed E-state index contributed by atoms with van der Waals surface area (Å²) >= 11 is 0. The first-order chi connectivity index (χ1) is 12.6. The summed E-state index contributed by atoms with van der Waals surface area (Å²) in [5.41, 5.74) is 1.70. The van der Waals surface area contributed by atoms with Crippen LogP contribution in [0.1, 0.15) is 28.4 Å². The monoisotopic (exact) mass is 350 g/mol. The summed E-state index contributed by atoms with van der Waals surface area (Å²) in [5.74, 6) is -0.172. The molecule has 0 atom stereocenters. The lowest BCUT2D eigenvalue weighted by atomic mass is 10.1. The number of rotatable bonds is 6. The van der Waals surface area contributed by atoms with Crippen LogP contribution in [0.15, 0.2) is 48.5 Å². The van der Waals surface area contributed by atoms with Gasteiger partial charge >= 0.3 is 5.97 Å². The second-order valence-electron chi connectivity index (χ2n) is 5.16. The Hall–Kier alpha value is -3.59. The smallest absolute Gasteiger partial charge is 0.336 e. The molecule has 0 aliphatic rings. The average molecular weight is 350 g/mol. The van der Waals surface area contributed by atoms with E-state index < -0.39 is 5.97 Å². The van der Waals surface area contributed by atoms with E-state index in [1.165, 1.54) is 18.2 Å². The molecule has 0 aliphatic heterocycles. The van der Waals surface area contributed by atoms with E-state index in [4.69, 9.17) is 14.7 Å². The maximum absolute atomic E-state index is 12.0. The van der Waals surface area contributed by atoms with Crippen molar-refractivity contribution in [3.63, 3.8) is 0 Å². The van der Waals surface area contributed by atoms with Crippen molar-refractivity contribution in [3.8, 4) is 17.6 Å². The molecule has 2 aromatic rings. The lowest BCUT2D eigenvalue weighted by Crippen LogP contribution is -2.17. The number of nitrogens with zero attached hydrogens (tertiary/aromatic N) is 1. The normalized spacial score (nSPS) is 10.2. The Morgan fingerprint density at radius 2 is 1.88 bits per heavy atom. The van der Waals surface area contributed by atoms with Gasteiger partial charge < -0.3 is 14.8 Å². The van der Waals surface area contributed by atoms with E-state index in [0.717, 1.165) is 5.56 Å². The third-order valence-corrected chi connectivity index (χ3v) is 3.40. The van der Waals surface area contributed by atoms with Gasteiger partial charge in [0.15, 0.2) is 11.5 Å². The van der Waals surface area contributed by atoms with E-state index in [0.29, 0.717) is 23.5 Å². The molecule has 2 aromatic carbocycles. The molecule has 0 radical (unpaired) electrons. The molecule has 6 heteroatoms. The van der Waals surface area contributed by atoms with E-state index in [2.05, 4.69) is 5.32 Å². The van der Waals surface area contributed by atoms with Crippen molar-refractivity contribution in [2.75, 3.05) is 13.7 Å². The lowest BCUT2D eigenvalue weighted by molar-refractivity contribution is -0.129. The number of hydrogen-bond donors (Lipinski definition) is 1. The minimum Gasteiger partial charge on any atom is -0.490 e. The lowest BCUT2D eigenvalue weighted by Gasteiger charge is -2.09. The molecule has 0 saturated heterocycles. The maximum Gasteiger partial charge on any atom is 0.336 e. The van der Waals surface area contributed by atoms with Crippen LogP contribution < -0.4 is 14.8 Å². The summed E-state index contributed by atoms with van der Waals surface area (Å²) in [6.07, 6.45) is 2.86. The second kappa shape index (κ2) is 9.04. The molecule has 2 rings (SSSR count). The molecule has 0 saturated carbocycles. The van der Waals surface area contributed by atoms with Gasteiger partial charge in [0.1, 0.15) is 0 Å². The quantitative estimate of drug-likeness (QED) is 0.492. The van der Waals surface area contributed by atoms with Crippen LogP contribution in [0.5, 0.6) is 11.5 Å². The Labute approximate surface area is 151 Å². The summed E-state index contributed by atoms with van der Waals surface area (Å²) in [7, 11) is 1.56. The van der Waals surface area contributed by atoms with E-state index in [-0.39, 0.29) is 11.7 Å². The fourth-order valence-electron chi connectivity index (χ4n) is 2.13. The zero-order valence-electron chi connectivity index (χ0n) is 14.5. The molecule has 0 aromatic heterocycles. The Kier molecular flexibility index (Phi) is 6.52. The Morgan fingerprint density at radius 1 is 1.15 bits per heavy atom. The molecule has 0 fully saturated rings. The minimum atomic E-state index is -0.578. The zero-order valence-corrected chi connectivity index (χ0v) is 14.5. The number of carbonyl (C=O) groups excluding carboxylic acids is 2.